The second-order valence-electron chi connectivity index (χ2n) is 3.39. The fraction of sp³-hybridized carbons (Fsp3) is 0.600. The highest BCUT2D eigenvalue weighted by Crippen LogP contribution is 2.05. The van der Waals surface area contributed by atoms with Gasteiger partial charge in [-0.25, -0.2) is 0 Å². The van der Waals surface area contributed by atoms with Crippen LogP contribution in [0.2, 0.25) is 0 Å². The molecule has 0 aromatic heterocycles. The number of hydrogen-bond acceptors (Lipinski definition) is 2. The Labute approximate surface area is 75.7 Å². The molecule has 2 heteroatoms. The van der Waals surface area contributed by atoms with Crippen molar-refractivity contribution in [3.63, 3.8) is 0 Å². The van der Waals surface area contributed by atoms with E-state index in [9.17, 15) is 0 Å². The Balaban J connectivity index is 4.13. The molecule has 0 rings (SSSR count). The largest absolute Gasteiger partial charge is 0.385 e. The first-order chi connectivity index (χ1) is 5.49. The van der Waals surface area contributed by atoms with E-state index < -0.39 is 0 Å². The van der Waals surface area contributed by atoms with Crippen molar-refractivity contribution in [3.05, 3.63) is 24.4 Å². The van der Waals surface area contributed by atoms with E-state index in [2.05, 4.69) is 37.6 Å². The van der Waals surface area contributed by atoms with Gasteiger partial charge in [0.2, 0.25) is 0 Å². The summed E-state index contributed by atoms with van der Waals surface area (Å²) in [6, 6.07) is 0.597. The van der Waals surface area contributed by atoms with Crippen LogP contribution in [0.5, 0.6) is 0 Å². The summed E-state index contributed by atoms with van der Waals surface area (Å²) in [4.78, 5) is 0. The summed E-state index contributed by atoms with van der Waals surface area (Å²) in [7, 11) is 1.91. The summed E-state index contributed by atoms with van der Waals surface area (Å²) in [5, 5.41) is 6.40. The molecule has 12 heavy (non-hydrogen) atoms. The van der Waals surface area contributed by atoms with Crippen LogP contribution in [0.25, 0.3) is 0 Å². The normalized spacial score (nSPS) is 12.8. The molecule has 0 saturated carbocycles. The van der Waals surface area contributed by atoms with Crippen molar-refractivity contribution in [2.45, 2.75) is 32.9 Å². The molecule has 0 aromatic rings. The fourth-order valence-electron chi connectivity index (χ4n) is 1.17. The van der Waals surface area contributed by atoms with Crippen molar-refractivity contribution < 1.29 is 0 Å². The Hall–Kier alpha value is -0.760. The Morgan fingerprint density at radius 2 is 1.75 bits per heavy atom. The zero-order valence-electron chi connectivity index (χ0n) is 8.57. The Morgan fingerprint density at radius 1 is 1.25 bits per heavy atom. The van der Waals surface area contributed by atoms with Gasteiger partial charge < -0.3 is 10.6 Å². The van der Waals surface area contributed by atoms with Crippen LogP contribution in [0, 0.1) is 0 Å². The van der Waals surface area contributed by atoms with E-state index in [1.807, 2.05) is 14.0 Å². The summed E-state index contributed by atoms with van der Waals surface area (Å²) in [6.07, 6.45) is 0. The Morgan fingerprint density at radius 3 is 2.00 bits per heavy atom. The van der Waals surface area contributed by atoms with Crippen LogP contribution in [0.15, 0.2) is 24.4 Å². The maximum atomic E-state index is 3.95. The average Bonchev–Trinajstić information content (AvgIpc) is 1.85. The molecule has 2 nitrogen and oxygen atoms in total. The average molecular weight is 168 g/mol. The lowest BCUT2D eigenvalue weighted by Gasteiger charge is -2.22. The molecule has 0 heterocycles. The second kappa shape index (κ2) is 4.99. The van der Waals surface area contributed by atoms with E-state index in [1.54, 1.807) is 0 Å². The van der Waals surface area contributed by atoms with E-state index in [-0.39, 0.29) is 6.04 Å². The summed E-state index contributed by atoms with van der Waals surface area (Å²) >= 11 is 0. The summed E-state index contributed by atoms with van der Waals surface area (Å²) in [5.74, 6) is 0. The number of nitrogens with one attached hydrogen (secondary N) is 2. The molecule has 0 aliphatic rings. The second-order valence-corrected chi connectivity index (χ2v) is 3.39. The van der Waals surface area contributed by atoms with Crippen LogP contribution >= 0.6 is 0 Å². The standard InChI is InChI=1S/C10H20N2/c1-7(2)10(11-6)9(5)12-8(3)4/h8,10-12H,1,5H2,2-4,6H3. The minimum Gasteiger partial charge on any atom is -0.385 e. The molecular weight excluding hydrogens is 148 g/mol. The van der Waals surface area contributed by atoms with E-state index in [0.717, 1.165) is 11.3 Å². The third-order valence-electron chi connectivity index (χ3n) is 1.60. The molecule has 0 aliphatic heterocycles. The van der Waals surface area contributed by atoms with Gasteiger partial charge >= 0.3 is 0 Å². The van der Waals surface area contributed by atoms with Crippen molar-refractivity contribution in [2.75, 3.05) is 7.05 Å². The third-order valence-corrected chi connectivity index (χ3v) is 1.60. The first-order valence-electron chi connectivity index (χ1n) is 4.27. The molecular formula is C10H20N2. The molecule has 0 saturated heterocycles. The lowest BCUT2D eigenvalue weighted by atomic mass is 10.1. The van der Waals surface area contributed by atoms with Crippen molar-refractivity contribution in [3.8, 4) is 0 Å². The molecule has 0 amide bonds. The minimum absolute atomic E-state index is 0.174. The van der Waals surface area contributed by atoms with Gasteiger partial charge in [-0.05, 0) is 27.8 Å². The fourth-order valence-corrected chi connectivity index (χ4v) is 1.17. The van der Waals surface area contributed by atoms with Gasteiger partial charge in [-0.3, -0.25) is 0 Å². The summed E-state index contributed by atoms with van der Waals surface area (Å²) < 4.78 is 0. The highest BCUT2D eigenvalue weighted by atomic mass is 15.0. The first-order valence-corrected chi connectivity index (χ1v) is 4.27. The van der Waals surface area contributed by atoms with Crippen LogP contribution in [-0.4, -0.2) is 19.1 Å². The summed E-state index contributed by atoms with van der Waals surface area (Å²) in [5.41, 5.74) is 2.07. The predicted molar refractivity (Wildman–Crippen MR) is 55.1 cm³/mol. The highest BCUT2D eigenvalue weighted by molar-refractivity contribution is 5.18. The lowest BCUT2D eigenvalue weighted by molar-refractivity contribution is 0.592. The molecule has 0 aliphatic carbocycles. The Kier molecular flexibility index (Phi) is 4.67. The minimum atomic E-state index is 0.174. The number of likely N-dealkylation sites (N-methyl/N-ethyl adjacent to an activating group) is 1. The van der Waals surface area contributed by atoms with Gasteiger partial charge in [-0.1, -0.05) is 18.7 Å². The monoisotopic (exact) mass is 168 g/mol. The van der Waals surface area contributed by atoms with E-state index >= 15 is 0 Å². The van der Waals surface area contributed by atoms with Gasteiger partial charge in [-0.2, -0.15) is 0 Å². The molecule has 0 fully saturated rings. The smallest absolute Gasteiger partial charge is 0.0671 e. The van der Waals surface area contributed by atoms with Crippen molar-refractivity contribution in [2.24, 2.45) is 0 Å². The van der Waals surface area contributed by atoms with Crippen LogP contribution in [0.3, 0.4) is 0 Å². The van der Waals surface area contributed by atoms with Crippen molar-refractivity contribution in [1.29, 1.82) is 0 Å². The van der Waals surface area contributed by atoms with E-state index in [0.29, 0.717) is 6.04 Å². The molecule has 0 bridgehead atoms. The molecule has 0 spiro atoms. The van der Waals surface area contributed by atoms with Crippen molar-refractivity contribution >= 4 is 0 Å². The lowest BCUT2D eigenvalue weighted by Crippen LogP contribution is -2.37. The van der Waals surface area contributed by atoms with Gasteiger partial charge in [0.15, 0.2) is 0 Å². The molecule has 70 valence electrons. The van der Waals surface area contributed by atoms with Gasteiger partial charge in [0, 0.05) is 11.7 Å². The topological polar surface area (TPSA) is 24.1 Å². The maximum Gasteiger partial charge on any atom is 0.0671 e. The zero-order chi connectivity index (χ0) is 9.72. The Bertz CT molecular complexity index is 171. The summed E-state index contributed by atoms with van der Waals surface area (Å²) in [6.45, 7) is 14.0. The SMILES string of the molecule is C=C(C)C(NC)C(=C)NC(C)C. The predicted octanol–water partition coefficient (Wildman–Crippen LogP) is 1.66. The first kappa shape index (κ1) is 11.2. The van der Waals surface area contributed by atoms with Gasteiger partial charge in [0.1, 0.15) is 0 Å². The highest BCUT2D eigenvalue weighted by Gasteiger charge is 2.10. The van der Waals surface area contributed by atoms with Crippen molar-refractivity contribution in [1.82, 2.24) is 10.6 Å². The zero-order valence-corrected chi connectivity index (χ0v) is 8.57. The van der Waals surface area contributed by atoms with Crippen LogP contribution in [0.4, 0.5) is 0 Å². The molecule has 0 radical (unpaired) electrons. The maximum absolute atomic E-state index is 3.95. The van der Waals surface area contributed by atoms with Gasteiger partial charge in [0.25, 0.3) is 0 Å². The van der Waals surface area contributed by atoms with Crippen LogP contribution in [0.1, 0.15) is 20.8 Å². The van der Waals surface area contributed by atoms with E-state index in [1.165, 1.54) is 0 Å². The van der Waals surface area contributed by atoms with Gasteiger partial charge in [-0.15, -0.1) is 0 Å². The number of hydrogen-bond donors (Lipinski definition) is 2. The quantitative estimate of drug-likeness (QED) is 0.610. The van der Waals surface area contributed by atoms with Crippen LogP contribution < -0.4 is 10.6 Å². The third kappa shape index (κ3) is 3.58. The number of rotatable bonds is 5. The van der Waals surface area contributed by atoms with Crippen LogP contribution in [-0.2, 0) is 0 Å². The molecule has 2 N–H and O–H groups in total. The molecule has 1 atom stereocenters. The van der Waals surface area contributed by atoms with E-state index in [4.69, 9.17) is 0 Å². The van der Waals surface area contributed by atoms with Gasteiger partial charge in [0.05, 0.1) is 6.04 Å². The molecule has 1 unspecified atom stereocenters. The molecule has 0 aromatic carbocycles.